The zero-order valence-electron chi connectivity index (χ0n) is 19.8. The molecule has 0 bridgehead atoms. The van der Waals surface area contributed by atoms with Crippen molar-refractivity contribution >= 4 is 23.3 Å². The Morgan fingerprint density at radius 2 is 1.75 bits per heavy atom. The molecular weight excluding hydrogens is 458 g/mol. The van der Waals surface area contributed by atoms with Gasteiger partial charge >= 0.3 is 6.01 Å². The number of Topliss-reactive ketones (excluding diaryl/α,β-unsaturated/α-hetero) is 1. The number of ether oxygens (including phenoxy) is 1. The Labute approximate surface area is 207 Å². The Morgan fingerprint density at radius 3 is 2.58 bits per heavy atom. The molecule has 10 nitrogen and oxygen atoms in total. The number of benzene rings is 2. The first kappa shape index (κ1) is 22.2. The van der Waals surface area contributed by atoms with E-state index in [1.54, 1.807) is 4.68 Å². The molecular formula is C26H25N7O3. The van der Waals surface area contributed by atoms with Crippen LogP contribution in [0.4, 0.5) is 11.8 Å². The molecule has 0 aliphatic carbocycles. The molecule has 1 fully saturated rings. The van der Waals surface area contributed by atoms with Crippen molar-refractivity contribution in [2.45, 2.75) is 12.6 Å². The Bertz CT molecular complexity index is 1420. The maximum Gasteiger partial charge on any atom is 0.317 e. The predicted molar refractivity (Wildman–Crippen MR) is 134 cm³/mol. The minimum atomic E-state index is -0.867. The molecule has 0 saturated carbocycles. The number of aromatic nitrogens is 4. The average Bonchev–Trinajstić information content (AvgIpc) is 3.51. The minimum absolute atomic E-state index is 0.0801. The number of hydrogen-bond acceptors (Lipinski definition) is 9. The molecule has 6 rings (SSSR count). The first-order valence-corrected chi connectivity index (χ1v) is 11.9. The van der Waals surface area contributed by atoms with Crippen LogP contribution >= 0.6 is 0 Å². The third-order valence-electron chi connectivity index (χ3n) is 6.28. The highest BCUT2D eigenvalue weighted by molar-refractivity contribution is 6.16. The fourth-order valence-electron chi connectivity index (χ4n) is 4.54. The molecule has 1 atom stereocenters. The van der Waals surface area contributed by atoms with E-state index in [0.717, 1.165) is 46.9 Å². The number of morpholine rings is 1. The van der Waals surface area contributed by atoms with Crippen LogP contribution in [0.1, 0.15) is 16.7 Å². The molecule has 1 saturated heterocycles. The van der Waals surface area contributed by atoms with Crippen molar-refractivity contribution in [1.82, 2.24) is 20.0 Å². The summed E-state index contributed by atoms with van der Waals surface area (Å²) in [5, 5.41) is 16.1. The lowest BCUT2D eigenvalue weighted by atomic mass is 9.96. The monoisotopic (exact) mass is 483 g/mol. The van der Waals surface area contributed by atoms with Gasteiger partial charge in [-0.05, 0) is 5.56 Å². The fraction of sp³-hybridized carbons (Fsp3) is 0.269. The van der Waals surface area contributed by atoms with Crippen LogP contribution in [0.3, 0.4) is 0 Å². The second kappa shape index (κ2) is 9.38. The van der Waals surface area contributed by atoms with Crippen LogP contribution in [0, 0.1) is 0 Å². The summed E-state index contributed by atoms with van der Waals surface area (Å²) in [6.07, 6.45) is 1.23. The number of nitrogens with one attached hydrogen (secondary N) is 1. The minimum Gasteiger partial charge on any atom is -0.403 e. The second-order valence-electron chi connectivity index (χ2n) is 8.74. The van der Waals surface area contributed by atoms with Gasteiger partial charge in [0.25, 0.3) is 5.89 Å². The van der Waals surface area contributed by atoms with Crippen molar-refractivity contribution in [2.24, 2.45) is 12.0 Å². The second-order valence-corrected chi connectivity index (χ2v) is 8.74. The molecule has 0 unspecified atom stereocenters. The molecule has 4 aromatic rings. The van der Waals surface area contributed by atoms with Crippen LogP contribution in [0.25, 0.3) is 11.5 Å². The molecule has 2 aromatic heterocycles. The van der Waals surface area contributed by atoms with Crippen molar-refractivity contribution in [3.05, 3.63) is 77.5 Å². The summed E-state index contributed by atoms with van der Waals surface area (Å²) in [7, 11) is 1.85. The van der Waals surface area contributed by atoms with E-state index in [-0.39, 0.29) is 18.2 Å². The maximum absolute atomic E-state index is 13.2. The van der Waals surface area contributed by atoms with Gasteiger partial charge in [0.2, 0.25) is 0 Å². The number of carbonyl (C=O) groups is 1. The quantitative estimate of drug-likeness (QED) is 0.461. The summed E-state index contributed by atoms with van der Waals surface area (Å²) >= 11 is 0. The standard InChI is InChI=1S/C26H25N7O3/c1-32-16-20(24(31-32)33-11-13-35-14-12-33)25-29-30-26(36-25)28-23-21(34)15-18-9-5-6-10-19(18)22(27-23)17-7-3-2-4-8-17/h2-10,16,23H,11-15H2,1H3,(H,28,30)/t23-/m1/s1. The van der Waals surface area contributed by atoms with Crippen molar-refractivity contribution in [3.8, 4) is 11.5 Å². The number of aliphatic imine (C=N–C) groups is 1. The van der Waals surface area contributed by atoms with Gasteiger partial charge in [-0.2, -0.15) is 5.10 Å². The topological polar surface area (TPSA) is 111 Å². The number of aryl methyl sites for hydroxylation is 1. The first-order chi connectivity index (χ1) is 17.7. The van der Waals surface area contributed by atoms with Gasteiger partial charge in [-0.1, -0.05) is 59.7 Å². The van der Waals surface area contributed by atoms with Crippen molar-refractivity contribution in [2.75, 3.05) is 36.5 Å². The van der Waals surface area contributed by atoms with E-state index in [4.69, 9.17) is 14.1 Å². The van der Waals surface area contributed by atoms with E-state index in [1.165, 1.54) is 0 Å². The number of fused-ring (bicyclic) bond motifs is 1. The van der Waals surface area contributed by atoms with Gasteiger partial charge < -0.3 is 19.4 Å². The number of ketones is 1. The molecule has 0 spiro atoms. The van der Waals surface area contributed by atoms with E-state index in [0.29, 0.717) is 19.1 Å². The number of anilines is 2. The Morgan fingerprint density at radius 1 is 0.972 bits per heavy atom. The molecule has 10 heteroatoms. The third-order valence-corrected chi connectivity index (χ3v) is 6.28. The predicted octanol–water partition coefficient (Wildman–Crippen LogP) is 2.71. The van der Waals surface area contributed by atoms with Gasteiger partial charge in [0.1, 0.15) is 5.56 Å². The van der Waals surface area contributed by atoms with Crippen LogP contribution in [0.15, 0.2) is 70.2 Å². The average molecular weight is 484 g/mol. The SMILES string of the molecule is Cn1cc(-c2nnc(N[C@H]3N=C(c4ccccc4)c4ccccc4CC3=O)o2)c(N2CCOCC2)n1. The number of nitrogens with zero attached hydrogens (tertiary/aromatic N) is 6. The summed E-state index contributed by atoms with van der Waals surface area (Å²) < 4.78 is 13.1. The van der Waals surface area contributed by atoms with Crippen LogP contribution in [-0.2, 0) is 23.0 Å². The lowest BCUT2D eigenvalue weighted by Gasteiger charge is -2.27. The van der Waals surface area contributed by atoms with E-state index in [1.807, 2.05) is 67.8 Å². The molecule has 2 aromatic carbocycles. The van der Waals surface area contributed by atoms with Crippen molar-refractivity contribution in [1.29, 1.82) is 0 Å². The van der Waals surface area contributed by atoms with Gasteiger partial charge in [-0.15, -0.1) is 5.10 Å². The molecule has 0 amide bonds. The van der Waals surface area contributed by atoms with Crippen LogP contribution in [0.5, 0.6) is 0 Å². The molecule has 1 N–H and O–H groups in total. The van der Waals surface area contributed by atoms with Crippen molar-refractivity contribution in [3.63, 3.8) is 0 Å². The third kappa shape index (κ3) is 4.27. The highest BCUT2D eigenvalue weighted by Crippen LogP contribution is 2.30. The molecule has 36 heavy (non-hydrogen) atoms. The van der Waals surface area contributed by atoms with Gasteiger partial charge in [-0.3, -0.25) is 14.5 Å². The van der Waals surface area contributed by atoms with Crippen LogP contribution < -0.4 is 10.2 Å². The van der Waals surface area contributed by atoms with E-state index in [9.17, 15) is 4.79 Å². The first-order valence-electron chi connectivity index (χ1n) is 11.9. The normalized spacial score (nSPS) is 17.9. The van der Waals surface area contributed by atoms with Gasteiger partial charge in [0, 0.05) is 43.9 Å². The van der Waals surface area contributed by atoms with E-state index >= 15 is 0 Å². The van der Waals surface area contributed by atoms with Gasteiger partial charge in [0.15, 0.2) is 17.8 Å². The molecule has 2 aliphatic heterocycles. The van der Waals surface area contributed by atoms with Crippen molar-refractivity contribution < 1.29 is 13.9 Å². The highest BCUT2D eigenvalue weighted by atomic mass is 16.5. The number of hydrogen-bond donors (Lipinski definition) is 1. The van der Waals surface area contributed by atoms with Gasteiger partial charge in [0.05, 0.1) is 18.9 Å². The Balaban J connectivity index is 1.31. The van der Waals surface area contributed by atoms with E-state index < -0.39 is 6.17 Å². The number of carbonyl (C=O) groups excluding carboxylic acids is 1. The summed E-state index contributed by atoms with van der Waals surface area (Å²) in [6, 6.07) is 17.8. The molecule has 4 heterocycles. The van der Waals surface area contributed by atoms with Crippen LogP contribution in [-0.4, -0.2) is 63.9 Å². The largest absolute Gasteiger partial charge is 0.403 e. The zero-order valence-corrected chi connectivity index (χ0v) is 19.8. The lowest BCUT2D eigenvalue weighted by Crippen LogP contribution is -2.36. The zero-order chi connectivity index (χ0) is 24.5. The smallest absolute Gasteiger partial charge is 0.317 e. The maximum atomic E-state index is 13.2. The fourth-order valence-corrected chi connectivity index (χ4v) is 4.54. The van der Waals surface area contributed by atoms with Crippen LogP contribution in [0.2, 0.25) is 0 Å². The number of rotatable bonds is 5. The molecule has 0 radical (unpaired) electrons. The Kier molecular flexibility index (Phi) is 5.78. The Hall–Kier alpha value is -4.31. The summed E-state index contributed by atoms with van der Waals surface area (Å²) in [4.78, 5) is 20.2. The lowest BCUT2D eigenvalue weighted by molar-refractivity contribution is -0.119. The molecule has 182 valence electrons. The highest BCUT2D eigenvalue weighted by Gasteiger charge is 2.28. The molecule has 2 aliphatic rings. The summed E-state index contributed by atoms with van der Waals surface area (Å²) in [6.45, 7) is 2.75. The van der Waals surface area contributed by atoms with Gasteiger partial charge in [-0.25, -0.2) is 0 Å². The summed E-state index contributed by atoms with van der Waals surface area (Å²) in [5.41, 5.74) is 4.29. The van der Waals surface area contributed by atoms with E-state index in [2.05, 4.69) is 25.5 Å². The summed E-state index contributed by atoms with van der Waals surface area (Å²) in [5.74, 6) is 1.01.